The van der Waals surface area contributed by atoms with Gasteiger partial charge in [0.1, 0.15) is 12.1 Å². The van der Waals surface area contributed by atoms with Gasteiger partial charge in [0.15, 0.2) is 5.13 Å². The summed E-state index contributed by atoms with van der Waals surface area (Å²) in [6.45, 7) is 1.45. The Balaban J connectivity index is 1.51. The second-order valence-corrected chi connectivity index (χ2v) is 6.74. The summed E-state index contributed by atoms with van der Waals surface area (Å²) in [5, 5.41) is 5.99. The Hall–Kier alpha value is -3.59. The number of pyridine rings is 1. The van der Waals surface area contributed by atoms with E-state index in [9.17, 15) is 9.59 Å². The highest BCUT2D eigenvalue weighted by atomic mass is 32.1. The number of nitrogens with one attached hydrogen (secondary N) is 2. The first kappa shape index (κ1) is 16.9. The first-order valence-corrected chi connectivity index (χ1v) is 8.84. The molecule has 2 amide bonds. The van der Waals surface area contributed by atoms with Crippen LogP contribution in [0.25, 0.3) is 16.0 Å². The molecule has 0 spiro atoms. The molecule has 0 saturated heterocycles. The van der Waals surface area contributed by atoms with E-state index >= 15 is 0 Å². The van der Waals surface area contributed by atoms with Gasteiger partial charge in [-0.15, -0.1) is 0 Å². The normalized spacial score (nSPS) is 10.7. The fourth-order valence-corrected chi connectivity index (χ4v) is 3.40. The van der Waals surface area contributed by atoms with Crippen molar-refractivity contribution in [3.8, 4) is 5.82 Å². The molecular weight excluding hydrogens is 364 g/mol. The fraction of sp³-hybridized carbons (Fsp3) is 0.0556. The van der Waals surface area contributed by atoms with Crippen molar-refractivity contribution in [1.82, 2.24) is 19.5 Å². The highest BCUT2D eigenvalue weighted by Gasteiger charge is 2.11. The number of thiazole rings is 1. The highest BCUT2D eigenvalue weighted by molar-refractivity contribution is 7.22. The van der Waals surface area contributed by atoms with Crippen LogP contribution in [0.1, 0.15) is 17.3 Å². The molecule has 0 fully saturated rings. The predicted octanol–water partition coefficient (Wildman–Crippen LogP) is 3.09. The maximum Gasteiger partial charge on any atom is 0.259 e. The first-order chi connectivity index (χ1) is 13.1. The Labute approximate surface area is 157 Å². The lowest BCUT2D eigenvalue weighted by Gasteiger charge is -2.03. The van der Waals surface area contributed by atoms with E-state index in [4.69, 9.17) is 0 Å². The summed E-state index contributed by atoms with van der Waals surface area (Å²) in [5.74, 6) is 0.245. The van der Waals surface area contributed by atoms with Gasteiger partial charge in [0.05, 0.1) is 15.8 Å². The zero-order chi connectivity index (χ0) is 18.8. The van der Waals surface area contributed by atoms with E-state index in [1.54, 1.807) is 47.6 Å². The monoisotopic (exact) mass is 378 g/mol. The van der Waals surface area contributed by atoms with Gasteiger partial charge in [-0.3, -0.25) is 19.5 Å². The van der Waals surface area contributed by atoms with Crippen LogP contribution in [0.15, 0.2) is 55.2 Å². The SMILES string of the molecule is CC(=O)Nc1ccc2nc(NC(=O)c3ccc(-n4ccnc4)nc3)sc2c1. The lowest BCUT2D eigenvalue weighted by Crippen LogP contribution is -2.12. The molecule has 0 unspecified atom stereocenters. The molecule has 0 bridgehead atoms. The van der Waals surface area contributed by atoms with Crippen LogP contribution in [0.5, 0.6) is 0 Å². The van der Waals surface area contributed by atoms with Crippen molar-refractivity contribution in [2.75, 3.05) is 10.6 Å². The van der Waals surface area contributed by atoms with Crippen molar-refractivity contribution in [1.29, 1.82) is 0 Å². The van der Waals surface area contributed by atoms with Crippen molar-refractivity contribution >= 4 is 44.2 Å². The molecule has 9 heteroatoms. The van der Waals surface area contributed by atoms with E-state index in [1.807, 2.05) is 6.07 Å². The molecule has 134 valence electrons. The molecule has 27 heavy (non-hydrogen) atoms. The van der Waals surface area contributed by atoms with Crippen molar-refractivity contribution in [3.05, 3.63) is 60.8 Å². The van der Waals surface area contributed by atoms with E-state index < -0.39 is 0 Å². The zero-order valence-electron chi connectivity index (χ0n) is 14.2. The molecule has 3 aromatic heterocycles. The van der Waals surface area contributed by atoms with Gasteiger partial charge in [-0.1, -0.05) is 11.3 Å². The van der Waals surface area contributed by atoms with Gasteiger partial charge in [-0.2, -0.15) is 0 Å². The molecule has 0 radical (unpaired) electrons. The number of carbonyl (C=O) groups excluding carboxylic acids is 2. The first-order valence-electron chi connectivity index (χ1n) is 8.02. The smallest absolute Gasteiger partial charge is 0.259 e. The number of hydrogen-bond donors (Lipinski definition) is 2. The van der Waals surface area contributed by atoms with Gasteiger partial charge in [0, 0.05) is 31.2 Å². The lowest BCUT2D eigenvalue weighted by atomic mass is 10.2. The van der Waals surface area contributed by atoms with Gasteiger partial charge < -0.3 is 5.32 Å². The number of anilines is 2. The maximum absolute atomic E-state index is 12.4. The van der Waals surface area contributed by atoms with E-state index in [0.717, 1.165) is 10.2 Å². The van der Waals surface area contributed by atoms with Crippen molar-refractivity contribution in [3.63, 3.8) is 0 Å². The Morgan fingerprint density at radius 1 is 1.15 bits per heavy atom. The number of rotatable bonds is 4. The molecular formula is C18H14N6O2S. The lowest BCUT2D eigenvalue weighted by molar-refractivity contribution is -0.114. The molecule has 0 atom stereocenters. The second kappa shape index (κ2) is 6.96. The van der Waals surface area contributed by atoms with Crippen LogP contribution < -0.4 is 10.6 Å². The number of imidazole rings is 1. The topological polar surface area (TPSA) is 102 Å². The van der Waals surface area contributed by atoms with Crippen molar-refractivity contribution in [2.24, 2.45) is 0 Å². The summed E-state index contributed by atoms with van der Waals surface area (Å²) in [6.07, 6.45) is 6.58. The number of carbonyl (C=O) groups is 2. The highest BCUT2D eigenvalue weighted by Crippen LogP contribution is 2.28. The van der Waals surface area contributed by atoms with E-state index in [1.165, 1.54) is 24.5 Å². The average Bonchev–Trinajstić information content (AvgIpc) is 3.30. The van der Waals surface area contributed by atoms with E-state index in [-0.39, 0.29) is 11.8 Å². The minimum absolute atomic E-state index is 0.140. The second-order valence-electron chi connectivity index (χ2n) is 5.71. The van der Waals surface area contributed by atoms with Crippen LogP contribution in [0.2, 0.25) is 0 Å². The third-order valence-electron chi connectivity index (χ3n) is 3.71. The van der Waals surface area contributed by atoms with Crippen LogP contribution in [-0.4, -0.2) is 31.3 Å². The summed E-state index contributed by atoms with van der Waals surface area (Å²) in [5.41, 5.74) is 1.87. The predicted molar refractivity (Wildman–Crippen MR) is 103 cm³/mol. The van der Waals surface area contributed by atoms with Gasteiger partial charge in [0.25, 0.3) is 5.91 Å². The molecule has 0 aliphatic carbocycles. The van der Waals surface area contributed by atoms with Crippen LogP contribution in [0.3, 0.4) is 0 Å². The molecule has 0 saturated carbocycles. The Kier molecular flexibility index (Phi) is 4.35. The maximum atomic E-state index is 12.4. The summed E-state index contributed by atoms with van der Waals surface area (Å²) < 4.78 is 2.62. The molecule has 1 aromatic carbocycles. The summed E-state index contributed by atoms with van der Waals surface area (Å²) >= 11 is 1.34. The number of benzene rings is 1. The van der Waals surface area contributed by atoms with E-state index in [2.05, 4.69) is 25.6 Å². The molecule has 3 heterocycles. The molecule has 0 aliphatic heterocycles. The van der Waals surface area contributed by atoms with Gasteiger partial charge in [-0.25, -0.2) is 15.0 Å². The third-order valence-corrected chi connectivity index (χ3v) is 4.64. The van der Waals surface area contributed by atoms with Crippen LogP contribution in [0, 0.1) is 0 Å². The minimum atomic E-state index is -0.291. The van der Waals surface area contributed by atoms with Gasteiger partial charge in [-0.05, 0) is 30.3 Å². The summed E-state index contributed by atoms with van der Waals surface area (Å²) in [6, 6.07) is 8.84. The Morgan fingerprint density at radius 2 is 2.04 bits per heavy atom. The van der Waals surface area contributed by atoms with Crippen LogP contribution in [0.4, 0.5) is 10.8 Å². The number of hydrogen-bond acceptors (Lipinski definition) is 6. The largest absolute Gasteiger partial charge is 0.326 e. The number of amides is 2. The van der Waals surface area contributed by atoms with Crippen LogP contribution >= 0.6 is 11.3 Å². The third kappa shape index (κ3) is 3.67. The minimum Gasteiger partial charge on any atom is -0.326 e. The molecule has 0 aliphatic rings. The molecule has 4 aromatic rings. The number of aromatic nitrogens is 4. The van der Waals surface area contributed by atoms with Gasteiger partial charge in [0.2, 0.25) is 5.91 Å². The fourth-order valence-electron chi connectivity index (χ4n) is 2.50. The average molecular weight is 378 g/mol. The number of nitrogens with zero attached hydrogens (tertiary/aromatic N) is 4. The standard InChI is InChI=1S/C18H14N6O2S/c1-11(25)21-13-3-4-14-15(8-13)27-18(22-14)23-17(26)12-2-5-16(20-9-12)24-7-6-19-10-24/h2-10H,1H3,(H,21,25)(H,22,23,26). The van der Waals surface area contributed by atoms with E-state index in [0.29, 0.717) is 22.2 Å². The number of fused-ring (bicyclic) bond motifs is 1. The molecule has 8 nitrogen and oxygen atoms in total. The molecule has 2 N–H and O–H groups in total. The Bertz CT molecular complexity index is 1120. The summed E-state index contributed by atoms with van der Waals surface area (Å²) in [7, 11) is 0. The Morgan fingerprint density at radius 3 is 2.74 bits per heavy atom. The quantitative estimate of drug-likeness (QED) is 0.568. The molecule has 4 rings (SSSR count). The van der Waals surface area contributed by atoms with Crippen molar-refractivity contribution < 1.29 is 9.59 Å². The van der Waals surface area contributed by atoms with Crippen molar-refractivity contribution in [2.45, 2.75) is 6.92 Å². The van der Waals surface area contributed by atoms with Crippen LogP contribution in [-0.2, 0) is 4.79 Å². The summed E-state index contributed by atoms with van der Waals surface area (Å²) in [4.78, 5) is 36.2. The zero-order valence-corrected chi connectivity index (χ0v) is 15.0. The van der Waals surface area contributed by atoms with Gasteiger partial charge >= 0.3 is 0 Å².